The Morgan fingerprint density at radius 3 is 2.41 bits per heavy atom. The molecule has 2 heterocycles. The van der Waals surface area contributed by atoms with Crippen molar-refractivity contribution in [3.8, 4) is 0 Å². The number of aromatic nitrogens is 3. The Morgan fingerprint density at radius 2 is 1.88 bits per heavy atom. The molecule has 0 radical (unpaired) electrons. The average Bonchev–Trinajstić information content (AvgIpc) is 2.69. The maximum Gasteiger partial charge on any atom is 0.219 e. The molecule has 2 N–H and O–H groups in total. The Hall–Kier alpha value is -1.49. The zero-order chi connectivity index (χ0) is 12.5. The van der Waals surface area contributed by atoms with Crippen LogP contribution in [0.5, 0.6) is 0 Å². The van der Waals surface area contributed by atoms with E-state index in [1.807, 2.05) is 0 Å². The first kappa shape index (κ1) is 12.0. The fourth-order valence-corrected chi connectivity index (χ4v) is 2.42. The third kappa shape index (κ3) is 3.00. The predicted octanol–water partition coefficient (Wildman–Crippen LogP) is 2.40. The summed E-state index contributed by atoms with van der Waals surface area (Å²) in [7, 11) is 0. The van der Waals surface area contributed by atoms with Crippen LogP contribution in [0.25, 0.3) is 0 Å². The minimum atomic E-state index is 0.104. The highest BCUT2D eigenvalue weighted by molar-refractivity contribution is 7.09. The lowest BCUT2D eigenvalue weighted by molar-refractivity contribution is 0.571. The Balaban J connectivity index is 2.14. The van der Waals surface area contributed by atoms with Gasteiger partial charge in [0.2, 0.25) is 5.95 Å². The minimum absolute atomic E-state index is 0.104. The quantitative estimate of drug-likeness (QED) is 0.886. The predicted molar refractivity (Wildman–Crippen MR) is 70.1 cm³/mol. The number of nitrogens with zero attached hydrogens (tertiary/aromatic N) is 3. The summed E-state index contributed by atoms with van der Waals surface area (Å²) in [5.74, 6) is 0.309. The molecule has 0 atom stereocenters. The molecule has 2 aromatic heterocycles. The fourth-order valence-electron chi connectivity index (χ4n) is 1.37. The Bertz CT molecular complexity index is 496. The summed E-state index contributed by atoms with van der Waals surface area (Å²) in [6.45, 7) is 6.49. The van der Waals surface area contributed by atoms with Crippen LogP contribution in [0.4, 0.5) is 5.95 Å². The van der Waals surface area contributed by atoms with Crippen molar-refractivity contribution in [1.29, 1.82) is 0 Å². The second-order valence-corrected chi connectivity index (χ2v) is 5.95. The number of anilines is 1. The van der Waals surface area contributed by atoms with Crippen molar-refractivity contribution in [3.05, 3.63) is 34.0 Å². The molecule has 0 amide bonds. The topological polar surface area (TPSA) is 64.7 Å². The van der Waals surface area contributed by atoms with Crippen LogP contribution in [0.1, 0.15) is 37.0 Å². The molecule has 4 nitrogen and oxygen atoms in total. The molecule has 90 valence electrons. The molecule has 0 fully saturated rings. The van der Waals surface area contributed by atoms with Gasteiger partial charge in [-0.05, 0) is 5.56 Å². The van der Waals surface area contributed by atoms with Gasteiger partial charge < -0.3 is 5.73 Å². The summed E-state index contributed by atoms with van der Waals surface area (Å²) in [5, 5.41) is 3.20. The van der Waals surface area contributed by atoms with E-state index in [1.54, 1.807) is 23.7 Å². The van der Waals surface area contributed by atoms with Crippen molar-refractivity contribution in [1.82, 2.24) is 15.0 Å². The van der Waals surface area contributed by atoms with E-state index in [0.29, 0.717) is 5.95 Å². The average molecular weight is 248 g/mol. The molecular formula is C12H16N4S. The van der Waals surface area contributed by atoms with Crippen LogP contribution < -0.4 is 5.73 Å². The maximum atomic E-state index is 5.45. The number of thiazole rings is 1. The molecule has 0 aliphatic heterocycles. The van der Waals surface area contributed by atoms with E-state index >= 15 is 0 Å². The van der Waals surface area contributed by atoms with Gasteiger partial charge in [0.25, 0.3) is 0 Å². The third-order valence-electron chi connectivity index (χ3n) is 2.40. The van der Waals surface area contributed by atoms with Gasteiger partial charge in [-0.3, -0.25) is 0 Å². The van der Waals surface area contributed by atoms with Gasteiger partial charge in [0.15, 0.2) is 0 Å². The molecular weight excluding hydrogens is 232 g/mol. The number of hydrogen-bond acceptors (Lipinski definition) is 5. The molecule has 0 unspecified atom stereocenters. The maximum absolute atomic E-state index is 5.45. The van der Waals surface area contributed by atoms with Gasteiger partial charge in [0, 0.05) is 29.6 Å². The highest BCUT2D eigenvalue weighted by Gasteiger charge is 2.17. The van der Waals surface area contributed by atoms with E-state index in [2.05, 4.69) is 41.1 Å². The molecule has 0 aliphatic carbocycles. The molecule has 2 aromatic rings. The monoisotopic (exact) mass is 248 g/mol. The van der Waals surface area contributed by atoms with E-state index in [1.165, 1.54) is 0 Å². The summed E-state index contributed by atoms with van der Waals surface area (Å²) in [6.07, 6.45) is 4.27. The van der Waals surface area contributed by atoms with E-state index in [4.69, 9.17) is 5.73 Å². The Morgan fingerprint density at radius 1 is 1.24 bits per heavy atom. The molecule has 17 heavy (non-hydrogen) atoms. The molecule has 0 aliphatic rings. The van der Waals surface area contributed by atoms with E-state index in [-0.39, 0.29) is 5.41 Å². The van der Waals surface area contributed by atoms with Gasteiger partial charge in [-0.25, -0.2) is 15.0 Å². The second kappa shape index (κ2) is 4.41. The summed E-state index contributed by atoms with van der Waals surface area (Å²) in [4.78, 5) is 12.6. The zero-order valence-electron chi connectivity index (χ0n) is 10.3. The number of rotatable bonds is 2. The summed E-state index contributed by atoms with van der Waals surface area (Å²) in [6, 6.07) is 0. The standard InChI is InChI=1S/C12H16N4S/c1-12(2,3)9-7-17-10(16-9)4-8-5-14-11(13)15-6-8/h5-7H,4H2,1-3H3,(H2,13,14,15). The van der Waals surface area contributed by atoms with Gasteiger partial charge in [-0.1, -0.05) is 20.8 Å². The molecule has 0 spiro atoms. The minimum Gasteiger partial charge on any atom is -0.368 e. The van der Waals surface area contributed by atoms with Crippen LogP contribution in [0, 0.1) is 0 Å². The van der Waals surface area contributed by atoms with E-state index in [0.717, 1.165) is 22.7 Å². The summed E-state index contributed by atoms with van der Waals surface area (Å²) in [5.41, 5.74) is 7.72. The highest BCUT2D eigenvalue weighted by atomic mass is 32.1. The first-order valence-electron chi connectivity index (χ1n) is 5.46. The first-order chi connectivity index (χ1) is 7.95. The van der Waals surface area contributed by atoms with Crippen molar-refractivity contribution in [3.63, 3.8) is 0 Å². The molecule has 0 saturated heterocycles. The van der Waals surface area contributed by atoms with Crippen molar-refractivity contribution < 1.29 is 0 Å². The van der Waals surface area contributed by atoms with Gasteiger partial charge >= 0.3 is 0 Å². The molecule has 0 bridgehead atoms. The van der Waals surface area contributed by atoms with Gasteiger partial charge in [0.1, 0.15) is 0 Å². The number of hydrogen-bond donors (Lipinski definition) is 1. The lowest BCUT2D eigenvalue weighted by atomic mass is 9.93. The largest absolute Gasteiger partial charge is 0.368 e. The van der Waals surface area contributed by atoms with Crippen LogP contribution in [0.2, 0.25) is 0 Å². The van der Waals surface area contributed by atoms with Crippen LogP contribution in [0.15, 0.2) is 17.8 Å². The summed E-state index contributed by atoms with van der Waals surface area (Å²) < 4.78 is 0. The smallest absolute Gasteiger partial charge is 0.219 e. The van der Waals surface area contributed by atoms with E-state index in [9.17, 15) is 0 Å². The van der Waals surface area contributed by atoms with Gasteiger partial charge in [0.05, 0.1) is 10.7 Å². The molecule has 2 rings (SSSR count). The van der Waals surface area contributed by atoms with E-state index < -0.39 is 0 Å². The van der Waals surface area contributed by atoms with Gasteiger partial charge in [-0.15, -0.1) is 11.3 Å². The Kier molecular flexibility index (Phi) is 3.11. The van der Waals surface area contributed by atoms with Crippen molar-refractivity contribution in [2.75, 3.05) is 5.73 Å². The normalized spacial score (nSPS) is 11.7. The van der Waals surface area contributed by atoms with Crippen LogP contribution in [-0.4, -0.2) is 15.0 Å². The second-order valence-electron chi connectivity index (χ2n) is 5.00. The summed E-state index contributed by atoms with van der Waals surface area (Å²) >= 11 is 1.68. The molecule has 0 aromatic carbocycles. The zero-order valence-corrected chi connectivity index (χ0v) is 11.1. The lowest BCUT2D eigenvalue weighted by Crippen LogP contribution is -2.11. The fraction of sp³-hybridized carbons (Fsp3) is 0.417. The number of nitrogens with two attached hydrogens (primary N) is 1. The first-order valence-corrected chi connectivity index (χ1v) is 6.34. The third-order valence-corrected chi connectivity index (χ3v) is 3.25. The number of nitrogen functional groups attached to an aromatic ring is 1. The SMILES string of the molecule is CC(C)(C)c1csc(Cc2cnc(N)nc2)n1. The lowest BCUT2D eigenvalue weighted by Gasteiger charge is -2.14. The van der Waals surface area contributed by atoms with Crippen molar-refractivity contribution >= 4 is 17.3 Å². The van der Waals surface area contributed by atoms with Crippen LogP contribution in [0.3, 0.4) is 0 Å². The van der Waals surface area contributed by atoms with Crippen molar-refractivity contribution in [2.24, 2.45) is 0 Å². The van der Waals surface area contributed by atoms with Crippen molar-refractivity contribution in [2.45, 2.75) is 32.6 Å². The van der Waals surface area contributed by atoms with Crippen LogP contribution >= 0.6 is 11.3 Å². The van der Waals surface area contributed by atoms with Gasteiger partial charge in [-0.2, -0.15) is 0 Å². The Labute approximate surface area is 105 Å². The van der Waals surface area contributed by atoms with Crippen LogP contribution in [-0.2, 0) is 11.8 Å². The molecule has 5 heteroatoms. The highest BCUT2D eigenvalue weighted by Crippen LogP contribution is 2.24. The molecule has 0 saturated carbocycles.